The number of amides is 1. The van der Waals surface area contributed by atoms with Gasteiger partial charge < -0.3 is 10.6 Å². The maximum absolute atomic E-state index is 13.3. The Bertz CT molecular complexity index is 712. The van der Waals surface area contributed by atoms with Crippen LogP contribution in [0, 0.1) is 0 Å². The monoisotopic (exact) mass is 338 g/mol. The van der Waals surface area contributed by atoms with Crippen LogP contribution in [0.4, 0.5) is 13.2 Å². The highest BCUT2D eigenvalue weighted by molar-refractivity contribution is 5.94. The molecule has 1 amide bonds. The van der Waals surface area contributed by atoms with Crippen LogP contribution in [0.1, 0.15) is 27.3 Å². The lowest BCUT2D eigenvalue weighted by Crippen LogP contribution is -2.47. The van der Waals surface area contributed by atoms with Crippen molar-refractivity contribution >= 4 is 5.91 Å². The Balaban J connectivity index is 1.77. The second-order valence-corrected chi connectivity index (χ2v) is 5.71. The minimum absolute atomic E-state index is 0.0273. The van der Waals surface area contributed by atoms with Crippen molar-refractivity contribution in [3.8, 4) is 0 Å². The van der Waals surface area contributed by atoms with E-state index < -0.39 is 18.1 Å². The van der Waals surface area contributed by atoms with E-state index in [9.17, 15) is 18.0 Å². The van der Waals surface area contributed by atoms with Gasteiger partial charge in [0.2, 0.25) is 0 Å². The molecule has 1 aliphatic heterocycles. The van der Waals surface area contributed by atoms with E-state index in [1.54, 1.807) is 30.3 Å². The van der Waals surface area contributed by atoms with Crippen molar-refractivity contribution in [1.82, 2.24) is 20.8 Å². The standard InChI is InChI=1S/C16H17F3N4O/c17-16(18,19)13(8-10-4-2-1-3-5-10)21-15(24)14-11-9-20-7-6-12(11)22-23-14/h1-5,13,20H,6-9H2,(H,21,24)(H,22,23). The van der Waals surface area contributed by atoms with Gasteiger partial charge in [-0.2, -0.15) is 18.3 Å². The number of H-pyrrole nitrogens is 1. The largest absolute Gasteiger partial charge is 0.408 e. The Kier molecular flexibility index (Phi) is 4.57. The van der Waals surface area contributed by atoms with Gasteiger partial charge in [0.05, 0.1) is 0 Å². The first-order valence-corrected chi connectivity index (χ1v) is 7.63. The fourth-order valence-corrected chi connectivity index (χ4v) is 2.74. The number of benzene rings is 1. The van der Waals surface area contributed by atoms with Crippen LogP contribution in [-0.4, -0.2) is 34.9 Å². The number of carbonyl (C=O) groups excluding carboxylic acids is 1. The van der Waals surface area contributed by atoms with Gasteiger partial charge in [-0.05, 0) is 5.56 Å². The van der Waals surface area contributed by atoms with Gasteiger partial charge in [0.25, 0.3) is 5.91 Å². The first kappa shape index (κ1) is 16.5. The molecule has 3 rings (SSSR count). The smallest absolute Gasteiger partial charge is 0.339 e. The zero-order chi connectivity index (χ0) is 17.2. The lowest BCUT2D eigenvalue weighted by molar-refractivity contribution is -0.153. The average Bonchev–Trinajstić information content (AvgIpc) is 2.98. The van der Waals surface area contributed by atoms with Crippen LogP contribution in [0.2, 0.25) is 0 Å². The Morgan fingerprint density at radius 3 is 2.75 bits per heavy atom. The van der Waals surface area contributed by atoms with E-state index in [0.29, 0.717) is 24.1 Å². The van der Waals surface area contributed by atoms with Gasteiger partial charge >= 0.3 is 6.18 Å². The van der Waals surface area contributed by atoms with E-state index in [-0.39, 0.29) is 12.1 Å². The van der Waals surface area contributed by atoms with E-state index in [2.05, 4.69) is 20.8 Å². The topological polar surface area (TPSA) is 69.8 Å². The van der Waals surface area contributed by atoms with E-state index in [1.807, 2.05) is 0 Å². The molecule has 128 valence electrons. The van der Waals surface area contributed by atoms with E-state index >= 15 is 0 Å². The molecule has 2 heterocycles. The third-order valence-corrected chi connectivity index (χ3v) is 4.00. The Hall–Kier alpha value is -2.35. The molecule has 0 aliphatic carbocycles. The lowest BCUT2D eigenvalue weighted by atomic mass is 10.0. The molecule has 1 atom stereocenters. The molecule has 1 aromatic carbocycles. The Morgan fingerprint density at radius 1 is 1.29 bits per heavy atom. The summed E-state index contributed by atoms with van der Waals surface area (Å²) in [6.45, 7) is 1.17. The second kappa shape index (κ2) is 6.64. The molecule has 0 radical (unpaired) electrons. The lowest BCUT2D eigenvalue weighted by Gasteiger charge is -2.22. The second-order valence-electron chi connectivity index (χ2n) is 5.71. The molecule has 3 N–H and O–H groups in total. The van der Waals surface area contributed by atoms with Crippen molar-refractivity contribution in [3.05, 3.63) is 52.8 Å². The number of hydrogen-bond acceptors (Lipinski definition) is 3. The fourth-order valence-electron chi connectivity index (χ4n) is 2.74. The van der Waals surface area contributed by atoms with Crippen molar-refractivity contribution in [3.63, 3.8) is 0 Å². The normalized spacial score (nSPS) is 15.6. The summed E-state index contributed by atoms with van der Waals surface area (Å²) >= 11 is 0. The van der Waals surface area contributed by atoms with Crippen LogP contribution in [0.25, 0.3) is 0 Å². The number of hydrogen-bond donors (Lipinski definition) is 3. The molecule has 2 aromatic rings. The van der Waals surface area contributed by atoms with Crippen LogP contribution in [0.5, 0.6) is 0 Å². The maximum atomic E-state index is 13.3. The average molecular weight is 338 g/mol. The maximum Gasteiger partial charge on any atom is 0.408 e. The molecule has 0 saturated heterocycles. The molecule has 1 aromatic heterocycles. The van der Waals surface area contributed by atoms with Crippen LogP contribution in [0.15, 0.2) is 30.3 Å². The van der Waals surface area contributed by atoms with E-state index in [4.69, 9.17) is 0 Å². The minimum Gasteiger partial charge on any atom is -0.339 e. The third kappa shape index (κ3) is 3.59. The number of fused-ring (bicyclic) bond motifs is 1. The predicted octanol–water partition coefficient (Wildman–Crippen LogP) is 1.96. The number of rotatable bonds is 4. The van der Waals surface area contributed by atoms with Crippen molar-refractivity contribution in [2.45, 2.75) is 31.6 Å². The third-order valence-electron chi connectivity index (χ3n) is 4.00. The minimum atomic E-state index is -4.54. The van der Waals surface area contributed by atoms with Crippen molar-refractivity contribution in [2.75, 3.05) is 6.54 Å². The SMILES string of the molecule is O=C(NC(Cc1ccccc1)C(F)(F)F)c1n[nH]c2c1CNCC2. The summed E-state index contributed by atoms with van der Waals surface area (Å²) in [4.78, 5) is 12.3. The molecular formula is C16H17F3N4O. The van der Waals surface area contributed by atoms with E-state index in [1.165, 1.54) is 0 Å². The summed E-state index contributed by atoms with van der Waals surface area (Å²) in [5.41, 5.74) is 1.97. The molecular weight excluding hydrogens is 321 g/mol. The molecule has 5 nitrogen and oxygen atoms in total. The zero-order valence-electron chi connectivity index (χ0n) is 12.8. The molecule has 0 saturated carbocycles. The van der Waals surface area contributed by atoms with Crippen LogP contribution in [-0.2, 0) is 19.4 Å². The number of nitrogens with one attached hydrogen (secondary N) is 3. The summed E-state index contributed by atoms with van der Waals surface area (Å²) in [5.74, 6) is -0.811. The quantitative estimate of drug-likeness (QED) is 0.798. The molecule has 24 heavy (non-hydrogen) atoms. The van der Waals surface area contributed by atoms with Crippen molar-refractivity contribution in [1.29, 1.82) is 0 Å². The van der Waals surface area contributed by atoms with Gasteiger partial charge in [0.1, 0.15) is 6.04 Å². The summed E-state index contributed by atoms with van der Waals surface area (Å²) in [7, 11) is 0. The number of halogens is 3. The number of alkyl halides is 3. The summed E-state index contributed by atoms with van der Waals surface area (Å²) in [5, 5.41) is 11.8. The Morgan fingerprint density at radius 2 is 2.04 bits per heavy atom. The number of aromatic amines is 1. The first-order valence-electron chi connectivity index (χ1n) is 7.63. The molecule has 8 heteroatoms. The van der Waals surface area contributed by atoms with Gasteiger partial charge in [-0.3, -0.25) is 9.89 Å². The van der Waals surface area contributed by atoms with Gasteiger partial charge in [-0.15, -0.1) is 0 Å². The first-order chi connectivity index (χ1) is 11.4. The predicted molar refractivity (Wildman–Crippen MR) is 81.5 cm³/mol. The van der Waals surface area contributed by atoms with Gasteiger partial charge in [0, 0.05) is 37.2 Å². The number of nitrogens with zero attached hydrogens (tertiary/aromatic N) is 1. The number of carbonyl (C=O) groups is 1. The van der Waals surface area contributed by atoms with Crippen molar-refractivity contribution < 1.29 is 18.0 Å². The summed E-state index contributed by atoms with van der Waals surface area (Å²) < 4.78 is 39.9. The highest BCUT2D eigenvalue weighted by Crippen LogP contribution is 2.24. The van der Waals surface area contributed by atoms with Gasteiger partial charge in [-0.25, -0.2) is 0 Å². The molecule has 0 bridgehead atoms. The molecule has 0 spiro atoms. The molecule has 1 unspecified atom stereocenters. The van der Waals surface area contributed by atoms with Crippen molar-refractivity contribution in [2.24, 2.45) is 0 Å². The number of aromatic nitrogens is 2. The summed E-state index contributed by atoms with van der Waals surface area (Å²) in [6, 6.07) is 6.31. The van der Waals surface area contributed by atoms with Gasteiger partial charge in [-0.1, -0.05) is 30.3 Å². The van der Waals surface area contributed by atoms with Crippen LogP contribution in [0.3, 0.4) is 0 Å². The zero-order valence-corrected chi connectivity index (χ0v) is 12.8. The Labute approximate surface area is 136 Å². The highest BCUT2D eigenvalue weighted by atomic mass is 19.4. The molecule has 0 fully saturated rings. The summed E-state index contributed by atoms with van der Waals surface area (Å²) in [6.07, 6.45) is -4.19. The van der Waals surface area contributed by atoms with Gasteiger partial charge in [0.15, 0.2) is 5.69 Å². The van der Waals surface area contributed by atoms with E-state index in [0.717, 1.165) is 12.2 Å². The molecule has 1 aliphatic rings. The van der Waals surface area contributed by atoms with Crippen LogP contribution >= 0.6 is 0 Å². The highest BCUT2D eigenvalue weighted by Gasteiger charge is 2.41. The fraction of sp³-hybridized carbons (Fsp3) is 0.375. The van der Waals surface area contributed by atoms with Crippen LogP contribution < -0.4 is 10.6 Å².